The number of ether oxygens (including phenoxy) is 1. The summed E-state index contributed by atoms with van der Waals surface area (Å²) in [5, 5.41) is 13.5. The number of aromatic nitrogens is 3. The van der Waals surface area contributed by atoms with Crippen LogP contribution in [0.1, 0.15) is 11.1 Å². The van der Waals surface area contributed by atoms with E-state index in [4.69, 9.17) is 17.0 Å². The van der Waals surface area contributed by atoms with E-state index in [0.29, 0.717) is 17.2 Å². The summed E-state index contributed by atoms with van der Waals surface area (Å²) >= 11 is 6.87. The van der Waals surface area contributed by atoms with Crippen molar-refractivity contribution in [1.29, 1.82) is 0 Å². The maximum atomic E-state index is 5.80. The van der Waals surface area contributed by atoms with Crippen LogP contribution in [-0.2, 0) is 6.61 Å². The second-order valence-electron chi connectivity index (χ2n) is 5.73. The number of thiophene rings is 1. The van der Waals surface area contributed by atoms with E-state index in [0.717, 1.165) is 21.8 Å². The van der Waals surface area contributed by atoms with Crippen molar-refractivity contribution in [3.05, 3.63) is 88.0 Å². The van der Waals surface area contributed by atoms with Gasteiger partial charge >= 0.3 is 0 Å². The predicted octanol–water partition coefficient (Wildman–Crippen LogP) is 5.13. The Morgan fingerprint density at radius 1 is 1.07 bits per heavy atom. The first-order valence-corrected chi connectivity index (χ1v) is 9.61. The summed E-state index contributed by atoms with van der Waals surface area (Å²) in [5.41, 5.74) is 2.08. The van der Waals surface area contributed by atoms with Crippen molar-refractivity contribution < 1.29 is 4.74 Å². The van der Waals surface area contributed by atoms with Crippen molar-refractivity contribution in [3.8, 4) is 16.5 Å². The van der Waals surface area contributed by atoms with Crippen LogP contribution in [0, 0.1) is 4.77 Å². The Labute approximate surface area is 165 Å². The van der Waals surface area contributed by atoms with Gasteiger partial charge in [-0.2, -0.15) is 14.9 Å². The highest BCUT2D eigenvalue weighted by atomic mass is 32.1. The van der Waals surface area contributed by atoms with Gasteiger partial charge in [0.1, 0.15) is 12.4 Å². The third kappa shape index (κ3) is 4.21. The molecule has 0 radical (unpaired) electrons. The Balaban J connectivity index is 1.46. The van der Waals surface area contributed by atoms with E-state index in [1.165, 1.54) is 0 Å². The topological polar surface area (TPSA) is 55.2 Å². The molecule has 0 spiro atoms. The maximum absolute atomic E-state index is 5.80. The molecule has 0 atom stereocenters. The van der Waals surface area contributed by atoms with Gasteiger partial charge in [-0.15, -0.1) is 11.3 Å². The SMILES string of the molecule is S=c1[nH]nc(-c2cccs2)n1/N=C/c1ccc(OCc2ccccc2)cc1. The van der Waals surface area contributed by atoms with Gasteiger partial charge in [-0.25, -0.2) is 5.10 Å². The summed E-state index contributed by atoms with van der Waals surface area (Å²) in [6.07, 6.45) is 1.75. The minimum Gasteiger partial charge on any atom is -0.489 e. The highest BCUT2D eigenvalue weighted by Crippen LogP contribution is 2.22. The average Bonchev–Trinajstić information content (AvgIpc) is 3.36. The van der Waals surface area contributed by atoms with Gasteiger partial charge in [0.05, 0.1) is 11.1 Å². The van der Waals surface area contributed by atoms with E-state index in [1.807, 2.05) is 72.1 Å². The normalized spacial score (nSPS) is 11.1. The number of hydrogen-bond acceptors (Lipinski definition) is 5. The second-order valence-corrected chi connectivity index (χ2v) is 7.06. The van der Waals surface area contributed by atoms with Gasteiger partial charge in [-0.05, 0) is 59.1 Å². The molecule has 0 aliphatic heterocycles. The van der Waals surface area contributed by atoms with Crippen molar-refractivity contribution >= 4 is 29.8 Å². The Hall–Kier alpha value is -3.03. The van der Waals surface area contributed by atoms with E-state index in [-0.39, 0.29) is 0 Å². The van der Waals surface area contributed by atoms with Crippen LogP contribution in [0.15, 0.2) is 77.2 Å². The second kappa shape index (κ2) is 8.11. The monoisotopic (exact) mass is 392 g/mol. The summed E-state index contributed by atoms with van der Waals surface area (Å²) in [6.45, 7) is 0.544. The van der Waals surface area contributed by atoms with Crippen LogP contribution in [0.3, 0.4) is 0 Å². The van der Waals surface area contributed by atoms with Crippen LogP contribution in [0.25, 0.3) is 10.7 Å². The number of benzene rings is 2. The third-order valence-electron chi connectivity index (χ3n) is 3.84. The number of aromatic amines is 1. The van der Waals surface area contributed by atoms with Crippen molar-refractivity contribution in [1.82, 2.24) is 14.9 Å². The van der Waals surface area contributed by atoms with Crippen LogP contribution in [0.2, 0.25) is 0 Å². The molecular formula is C20H16N4OS2. The lowest BCUT2D eigenvalue weighted by atomic mass is 10.2. The highest BCUT2D eigenvalue weighted by Gasteiger charge is 2.08. The molecule has 4 aromatic rings. The van der Waals surface area contributed by atoms with Crippen molar-refractivity contribution in [3.63, 3.8) is 0 Å². The molecule has 7 heteroatoms. The number of hydrogen-bond donors (Lipinski definition) is 1. The molecule has 134 valence electrons. The molecule has 5 nitrogen and oxygen atoms in total. The lowest BCUT2D eigenvalue weighted by Crippen LogP contribution is -1.96. The van der Waals surface area contributed by atoms with Crippen LogP contribution in [0.5, 0.6) is 5.75 Å². The fraction of sp³-hybridized carbons (Fsp3) is 0.0500. The highest BCUT2D eigenvalue weighted by molar-refractivity contribution is 7.71. The van der Waals surface area contributed by atoms with E-state index in [9.17, 15) is 0 Å². The smallest absolute Gasteiger partial charge is 0.216 e. The largest absolute Gasteiger partial charge is 0.489 e. The summed E-state index contributed by atoms with van der Waals surface area (Å²) in [5.74, 6) is 1.52. The average molecular weight is 393 g/mol. The Bertz CT molecular complexity index is 1080. The lowest BCUT2D eigenvalue weighted by Gasteiger charge is -2.06. The van der Waals surface area contributed by atoms with E-state index < -0.39 is 0 Å². The van der Waals surface area contributed by atoms with E-state index >= 15 is 0 Å². The summed E-state index contributed by atoms with van der Waals surface area (Å²) < 4.78 is 7.89. The minimum atomic E-state index is 0.456. The zero-order valence-electron chi connectivity index (χ0n) is 14.3. The first-order valence-electron chi connectivity index (χ1n) is 8.32. The number of rotatable bonds is 6. The molecule has 0 saturated carbocycles. The number of nitrogens with one attached hydrogen (secondary N) is 1. The maximum Gasteiger partial charge on any atom is 0.216 e. The van der Waals surface area contributed by atoms with Gasteiger partial charge in [0.25, 0.3) is 0 Å². The molecule has 0 amide bonds. The molecule has 2 aromatic heterocycles. The Morgan fingerprint density at radius 3 is 2.63 bits per heavy atom. The Morgan fingerprint density at radius 2 is 1.89 bits per heavy atom. The summed E-state index contributed by atoms with van der Waals surface area (Å²) in [6, 6.07) is 21.8. The van der Waals surface area contributed by atoms with Gasteiger partial charge < -0.3 is 4.74 Å². The molecule has 0 fully saturated rings. The quantitative estimate of drug-likeness (QED) is 0.365. The van der Waals surface area contributed by atoms with Crippen LogP contribution >= 0.6 is 23.6 Å². The molecule has 1 N–H and O–H groups in total. The van der Waals surface area contributed by atoms with Crippen molar-refractivity contribution in [2.75, 3.05) is 0 Å². The summed E-state index contributed by atoms with van der Waals surface area (Å²) in [7, 11) is 0. The standard InChI is InChI=1S/C20H16N4OS2/c26-20-23-22-19(18-7-4-12-27-18)24(20)21-13-15-8-10-17(11-9-15)25-14-16-5-2-1-3-6-16/h1-13H,14H2,(H,23,26)/b21-13+. The lowest BCUT2D eigenvalue weighted by molar-refractivity contribution is 0.306. The zero-order valence-corrected chi connectivity index (χ0v) is 15.9. The van der Waals surface area contributed by atoms with E-state index in [2.05, 4.69) is 15.3 Å². The minimum absolute atomic E-state index is 0.456. The molecule has 2 heterocycles. The van der Waals surface area contributed by atoms with Gasteiger partial charge in [0, 0.05) is 0 Å². The van der Waals surface area contributed by atoms with Crippen molar-refractivity contribution in [2.45, 2.75) is 6.61 Å². The Kier molecular flexibility index (Phi) is 5.22. The summed E-state index contributed by atoms with van der Waals surface area (Å²) in [4.78, 5) is 1.00. The fourth-order valence-corrected chi connectivity index (χ4v) is 3.36. The molecule has 0 bridgehead atoms. The molecule has 0 unspecified atom stereocenters. The third-order valence-corrected chi connectivity index (χ3v) is 4.97. The fourth-order valence-electron chi connectivity index (χ4n) is 2.48. The molecule has 0 saturated heterocycles. The van der Waals surface area contributed by atoms with Crippen LogP contribution < -0.4 is 4.74 Å². The number of nitrogens with zero attached hydrogens (tertiary/aromatic N) is 3. The van der Waals surface area contributed by atoms with Gasteiger partial charge in [0.2, 0.25) is 4.77 Å². The first-order chi connectivity index (χ1) is 13.3. The van der Waals surface area contributed by atoms with Gasteiger partial charge in [-0.3, -0.25) is 0 Å². The molecule has 2 aromatic carbocycles. The zero-order chi connectivity index (χ0) is 18.5. The number of H-pyrrole nitrogens is 1. The van der Waals surface area contributed by atoms with Crippen LogP contribution in [0.4, 0.5) is 0 Å². The molecule has 0 aliphatic carbocycles. The molecule has 0 aliphatic rings. The first kappa shape index (κ1) is 17.4. The van der Waals surface area contributed by atoms with Gasteiger partial charge in [0.15, 0.2) is 5.82 Å². The molecule has 27 heavy (non-hydrogen) atoms. The molecule has 4 rings (SSSR count). The predicted molar refractivity (Wildman–Crippen MR) is 111 cm³/mol. The van der Waals surface area contributed by atoms with Crippen molar-refractivity contribution in [2.24, 2.45) is 5.10 Å². The van der Waals surface area contributed by atoms with Crippen LogP contribution in [-0.4, -0.2) is 21.1 Å². The molecular weight excluding hydrogens is 376 g/mol. The van der Waals surface area contributed by atoms with Gasteiger partial charge in [-0.1, -0.05) is 36.4 Å². The van der Waals surface area contributed by atoms with E-state index in [1.54, 1.807) is 22.2 Å².